The maximum absolute atomic E-state index is 11.8. The third-order valence-corrected chi connectivity index (χ3v) is 2.97. The molecule has 0 aromatic heterocycles. The van der Waals surface area contributed by atoms with Gasteiger partial charge in [-0.15, -0.1) is 0 Å². The Labute approximate surface area is 109 Å². The maximum Gasteiger partial charge on any atom is 0.296 e. The van der Waals surface area contributed by atoms with Crippen LogP contribution in [0.4, 0.5) is 11.4 Å². The number of nitrogens with one attached hydrogen (secondary N) is 1. The average molecular weight is 265 g/mol. The topological polar surface area (TPSA) is 107 Å². The van der Waals surface area contributed by atoms with E-state index in [-0.39, 0.29) is 17.3 Å². The van der Waals surface area contributed by atoms with Crippen molar-refractivity contribution in [3.05, 3.63) is 28.3 Å². The second-order valence-electron chi connectivity index (χ2n) is 4.48. The number of nitro groups is 1. The molecule has 0 spiro atoms. The highest BCUT2D eigenvalue weighted by Gasteiger charge is 2.46. The Kier molecular flexibility index (Phi) is 3.39. The second kappa shape index (κ2) is 4.85. The van der Waals surface area contributed by atoms with Gasteiger partial charge in [-0.05, 0) is 31.9 Å². The van der Waals surface area contributed by atoms with E-state index in [2.05, 4.69) is 5.32 Å². The van der Waals surface area contributed by atoms with Gasteiger partial charge in [0.1, 0.15) is 11.4 Å². The summed E-state index contributed by atoms with van der Waals surface area (Å²) in [5.74, 6) is 0.000780. The molecule has 0 unspecified atom stereocenters. The van der Waals surface area contributed by atoms with Crippen molar-refractivity contribution >= 4 is 17.3 Å². The first-order valence-corrected chi connectivity index (χ1v) is 5.98. The fourth-order valence-electron chi connectivity index (χ4n) is 1.63. The zero-order valence-electron chi connectivity index (χ0n) is 10.5. The fourth-order valence-corrected chi connectivity index (χ4v) is 1.63. The van der Waals surface area contributed by atoms with Gasteiger partial charge >= 0.3 is 0 Å². The molecule has 1 aliphatic rings. The highest BCUT2D eigenvalue weighted by molar-refractivity contribution is 6.01. The van der Waals surface area contributed by atoms with E-state index >= 15 is 0 Å². The molecule has 102 valence electrons. The molecule has 1 aliphatic carbocycles. The quantitative estimate of drug-likeness (QED) is 0.618. The molecule has 0 heterocycles. The van der Waals surface area contributed by atoms with Crippen LogP contribution in [0.25, 0.3) is 0 Å². The van der Waals surface area contributed by atoms with Crippen molar-refractivity contribution in [2.75, 3.05) is 11.9 Å². The van der Waals surface area contributed by atoms with Gasteiger partial charge in [0.15, 0.2) is 0 Å². The predicted molar refractivity (Wildman–Crippen MR) is 69.0 cm³/mol. The first kappa shape index (κ1) is 13.3. The summed E-state index contributed by atoms with van der Waals surface area (Å²) in [5.41, 5.74) is 4.80. The summed E-state index contributed by atoms with van der Waals surface area (Å²) in [6.45, 7) is 2.20. The van der Waals surface area contributed by atoms with Gasteiger partial charge in [-0.1, -0.05) is 0 Å². The molecule has 2 rings (SSSR count). The minimum Gasteiger partial charge on any atom is -0.494 e. The molecule has 1 fully saturated rings. The van der Waals surface area contributed by atoms with E-state index in [1.54, 1.807) is 13.0 Å². The number of amides is 1. The fraction of sp³-hybridized carbons (Fsp3) is 0.417. The third-order valence-electron chi connectivity index (χ3n) is 2.97. The van der Waals surface area contributed by atoms with Crippen molar-refractivity contribution in [1.82, 2.24) is 0 Å². The van der Waals surface area contributed by atoms with Crippen LogP contribution in [0, 0.1) is 10.1 Å². The molecular formula is C12H15N3O4. The van der Waals surface area contributed by atoms with Crippen LogP contribution < -0.4 is 15.8 Å². The number of carbonyl (C=O) groups is 1. The summed E-state index contributed by atoms with van der Waals surface area (Å²) in [7, 11) is 0. The highest BCUT2D eigenvalue weighted by Crippen LogP contribution is 2.35. The van der Waals surface area contributed by atoms with Gasteiger partial charge in [-0.3, -0.25) is 14.9 Å². The molecule has 1 saturated carbocycles. The number of nitrogens with zero attached hydrogens (tertiary/aromatic N) is 1. The zero-order valence-corrected chi connectivity index (χ0v) is 10.5. The zero-order chi connectivity index (χ0) is 14.0. The number of hydrogen-bond donors (Lipinski definition) is 2. The summed E-state index contributed by atoms with van der Waals surface area (Å²) in [6.07, 6.45) is 1.20. The average Bonchev–Trinajstić information content (AvgIpc) is 3.10. The minimum absolute atomic E-state index is 0.134. The molecule has 19 heavy (non-hydrogen) atoms. The summed E-state index contributed by atoms with van der Waals surface area (Å²) in [6, 6.07) is 4.31. The van der Waals surface area contributed by atoms with Gasteiger partial charge < -0.3 is 15.8 Å². The lowest BCUT2D eigenvalue weighted by molar-refractivity contribution is -0.384. The number of benzene rings is 1. The number of hydrogen-bond acceptors (Lipinski definition) is 5. The van der Waals surface area contributed by atoms with E-state index in [1.165, 1.54) is 12.1 Å². The number of ether oxygens (including phenoxy) is 1. The van der Waals surface area contributed by atoms with Crippen molar-refractivity contribution < 1.29 is 14.5 Å². The summed E-state index contributed by atoms with van der Waals surface area (Å²) >= 11 is 0. The van der Waals surface area contributed by atoms with Crippen LogP contribution in [0.5, 0.6) is 5.75 Å². The van der Waals surface area contributed by atoms with Crippen molar-refractivity contribution in [2.45, 2.75) is 25.3 Å². The molecule has 0 aliphatic heterocycles. The minimum atomic E-state index is -0.869. The second-order valence-corrected chi connectivity index (χ2v) is 4.48. The molecule has 1 aromatic carbocycles. The van der Waals surface area contributed by atoms with Gasteiger partial charge in [0.2, 0.25) is 5.91 Å². The van der Waals surface area contributed by atoms with E-state index in [0.29, 0.717) is 25.2 Å². The Bertz CT molecular complexity index is 526. The van der Waals surface area contributed by atoms with Gasteiger partial charge in [-0.2, -0.15) is 0 Å². The molecule has 0 radical (unpaired) electrons. The number of nitro benzene ring substituents is 1. The van der Waals surface area contributed by atoms with E-state index in [9.17, 15) is 14.9 Å². The van der Waals surface area contributed by atoms with Crippen LogP contribution in [0.15, 0.2) is 18.2 Å². The van der Waals surface area contributed by atoms with E-state index in [1.807, 2.05) is 0 Å². The molecular weight excluding hydrogens is 250 g/mol. The maximum atomic E-state index is 11.8. The van der Waals surface area contributed by atoms with Gasteiger partial charge in [-0.25, -0.2) is 0 Å². The standard InChI is InChI=1S/C12H15N3O4/c1-2-19-8-3-4-9(10(7-8)15(17)18)14-11(16)12(13)5-6-12/h3-4,7H,2,5-6,13H2,1H3,(H,14,16). The third kappa shape index (κ3) is 2.82. The Morgan fingerprint density at radius 3 is 2.79 bits per heavy atom. The summed E-state index contributed by atoms with van der Waals surface area (Å²) in [4.78, 5) is 22.2. The lowest BCUT2D eigenvalue weighted by Gasteiger charge is -2.11. The largest absolute Gasteiger partial charge is 0.494 e. The van der Waals surface area contributed by atoms with E-state index < -0.39 is 10.5 Å². The van der Waals surface area contributed by atoms with Crippen molar-refractivity contribution in [3.8, 4) is 5.75 Å². The molecule has 0 atom stereocenters. The van der Waals surface area contributed by atoms with Crippen molar-refractivity contribution in [2.24, 2.45) is 5.73 Å². The van der Waals surface area contributed by atoms with Crippen LogP contribution in [0.1, 0.15) is 19.8 Å². The van der Waals surface area contributed by atoms with Gasteiger partial charge in [0.25, 0.3) is 5.69 Å². The summed E-state index contributed by atoms with van der Waals surface area (Å²) in [5, 5.41) is 13.5. The lowest BCUT2D eigenvalue weighted by atomic mass is 10.2. The van der Waals surface area contributed by atoms with Crippen LogP contribution >= 0.6 is 0 Å². The lowest BCUT2D eigenvalue weighted by Crippen LogP contribution is -2.37. The summed E-state index contributed by atoms with van der Waals surface area (Å²) < 4.78 is 5.19. The number of nitrogens with two attached hydrogens (primary N) is 1. The Balaban J connectivity index is 2.24. The SMILES string of the molecule is CCOc1ccc(NC(=O)C2(N)CC2)c([N+](=O)[O-])c1. The number of rotatable bonds is 5. The number of carbonyl (C=O) groups excluding carboxylic acids is 1. The normalized spacial score (nSPS) is 15.7. The van der Waals surface area contributed by atoms with E-state index in [0.717, 1.165) is 0 Å². The Morgan fingerprint density at radius 2 is 2.26 bits per heavy atom. The first-order chi connectivity index (χ1) is 8.96. The molecule has 3 N–H and O–H groups in total. The van der Waals surface area contributed by atoms with Crippen molar-refractivity contribution in [3.63, 3.8) is 0 Å². The predicted octanol–water partition coefficient (Wildman–Crippen LogP) is 1.42. The molecule has 0 saturated heterocycles. The van der Waals surface area contributed by atoms with E-state index in [4.69, 9.17) is 10.5 Å². The Morgan fingerprint density at radius 1 is 1.58 bits per heavy atom. The molecule has 0 bridgehead atoms. The highest BCUT2D eigenvalue weighted by atomic mass is 16.6. The van der Waals surface area contributed by atoms with Gasteiger partial charge in [0.05, 0.1) is 23.1 Å². The van der Waals surface area contributed by atoms with Gasteiger partial charge in [0, 0.05) is 0 Å². The smallest absolute Gasteiger partial charge is 0.296 e. The van der Waals surface area contributed by atoms with Crippen LogP contribution in [0.2, 0.25) is 0 Å². The molecule has 1 aromatic rings. The van der Waals surface area contributed by atoms with Crippen LogP contribution in [0.3, 0.4) is 0 Å². The molecule has 7 heteroatoms. The Hall–Kier alpha value is -2.15. The van der Waals surface area contributed by atoms with Crippen LogP contribution in [-0.2, 0) is 4.79 Å². The first-order valence-electron chi connectivity index (χ1n) is 5.98. The monoisotopic (exact) mass is 265 g/mol. The molecule has 7 nitrogen and oxygen atoms in total. The molecule has 1 amide bonds. The van der Waals surface area contributed by atoms with Crippen molar-refractivity contribution in [1.29, 1.82) is 0 Å². The van der Waals surface area contributed by atoms with Crippen LogP contribution in [-0.4, -0.2) is 23.0 Å². The number of anilines is 1.